The summed E-state index contributed by atoms with van der Waals surface area (Å²) < 4.78 is 5.09. The molecule has 0 aromatic rings. The molecule has 0 aromatic carbocycles. The average Bonchev–Trinajstić information content (AvgIpc) is 2.19. The zero-order valence-electron chi connectivity index (χ0n) is 7.06. The molecule has 0 aliphatic carbocycles. The summed E-state index contributed by atoms with van der Waals surface area (Å²) in [6, 6.07) is 0. The third-order valence-corrected chi connectivity index (χ3v) is 1.72. The van der Waals surface area contributed by atoms with Crippen LogP contribution in [-0.2, 0) is 4.74 Å². The summed E-state index contributed by atoms with van der Waals surface area (Å²) in [6.45, 7) is 6.44. The maximum Gasteiger partial charge on any atom is 0.220 e. The SMILES string of the molecule is CC/N=C1\OC(=N)C(C)=C1C. The number of hydrogen-bond acceptors (Lipinski definition) is 3. The molecule has 60 valence electrons. The van der Waals surface area contributed by atoms with Gasteiger partial charge in [0.05, 0.1) is 0 Å². The molecule has 0 unspecified atom stereocenters. The van der Waals surface area contributed by atoms with Gasteiger partial charge in [0.15, 0.2) is 0 Å². The molecular weight excluding hydrogens is 140 g/mol. The molecular formula is C8H12N2O. The predicted molar refractivity (Wildman–Crippen MR) is 45.2 cm³/mol. The zero-order chi connectivity index (χ0) is 8.43. The van der Waals surface area contributed by atoms with Crippen LogP contribution in [0.5, 0.6) is 0 Å². The van der Waals surface area contributed by atoms with Gasteiger partial charge in [0.1, 0.15) is 0 Å². The summed E-state index contributed by atoms with van der Waals surface area (Å²) in [4.78, 5) is 4.10. The first-order chi connectivity index (χ1) is 5.16. The second-order valence-corrected chi connectivity index (χ2v) is 2.46. The topological polar surface area (TPSA) is 45.4 Å². The largest absolute Gasteiger partial charge is 0.421 e. The van der Waals surface area contributed by atoms with Crippen molar-refractivity contribution in [2.24, 2.45) is 4.99 Å². The van der Waals surface area contributed by atoms with Gasteiger partial charge in [0.2, 0.25) is 11.8 Å². The van der Waals surface area contributed by atoms with E-state index in [0.717, 1.165) is 11.1 Å². The monoisotopic (exact) mass is 152 g/mol. The third-order valence-electron chi connectivity index (χ3n) is 1.72. The van der Waals surface area contributed by atoms with Crippen LogP contribution in [0.2, 0.25) is 0 Å². The van der Waals surface area contributed by atoms with Crippen LogP contribution in [0.15, 0.2) is 16.1 Å². The van der Waals surface area contributed by atoms with Gasteiger partial charge in [0.25, 0.3) is 0 Å². The summed E-state index contributed by atoms with van der Waals surface area (Å²) in [6.07, 6.45) is 0. The Balaban J connectivity index is 2.95. The van der Waals surface area contributed by atoms with E-state index in [1.165, 1.54) is 0 Å². The Morgan fingerprint density at radius 3 is 2.36 bits per heavy atom. The van der Waals surface area contributed by atoms with Crippen molar-refractivity contribution >= 4 is 11.8 Å². The Labute approximate surface area is 66.3 Å². The van der Waals surface area contributed by atoms with Gasteiger partial charge in [-0.25, -0.2) is 0 Å². The van der Waals surface area contributed by atoms with Crippen molar-refractivity contribution in [3.63, 3.8) is 0 Å². The molecule has 0 saturated carbocycles. The van der Waals surface area contributed by atoms with Crippen LogP contribution in [0.4, 0.5) is 0 Å². The lowest BCUT2D eigenvalue weighted by atomic mass is 10.2. The van der Waals surface area contributed by atoms with Gasteiger partial charge >= 0.3 is 0 Å². The van der Waals surface area contributed by atoms with Gasteiger partial charge in [0, 0.05) is 17.7 Å². The standard InChI is InChI=1S/C8H12N2O/c1-4-10-8-6(3)5(2)7(9)11-8/h9H,4H2,1-3H3/b9-7?,10-8-. The molecule has 11 heavy (non-hydrogen) atoms. The fourth-order valence-corrected chi connectivity index (χ4v) is 0.875. The molecule has 0 radical (unpaired) electrons. The molecule has 3 heteroatoms. The second kappa shape index (κ2) is 2.86. The van der Waals surface area contributed by atoms with Gasteiger partial charge in [-0.3, -0.25) is 10.4 Å². The van der Waals surface area contributed by atoms with Gasteiger partial charge < -0.3 is 4.74 Å². The molecule has 1 aliphatic rings. The molecule has 1 N–H and O–H groups in total. The second-order valence-electron chi connectivity index (χ2n) is 2.46. The van der Waals surface area contributed by atoms with Crippen LogP contribution in [0.25, 0.3) is 0 Å². The molecule has 3 nitrogen and oxygen atoms in total. The van der Waals surface area contributed by atoms with E-state index in [-0.39, 0.29) is 5.90 Å². The van der Waals surface area contributed by atoms with Crippen LogP contribution < -0.4 is 0 Å². The lowest BCUT2D eigenvalue weighted by Crippen LogP contribution is -2.01. The first kappa shape index (κ1) is 7.98. The Morgan fingerprint density at radius 2 is 2.00 bits per heavy atom. The lowest BCUT2D eigenvalue weighted by molar-refractivity contribution is 0.551. The molecule has 0 bridgehead atoms. The Hall–Kier alpha value is -1.12. The van der Waals surface area contributed by atoms with Crippen LogP contribution >= 0.6 is 0 Å². The van der Waals surface area contributed by atoms with E-state index in [4.69, 9.17) is 10.1 Å². The normalized spacial score (nSPS) is 21.4. The molecule has 1 aliphatic heterocycles. The third kappa shape index (κ3) is 1.31. The Morgan fingerprint density at radius 1 is 1.36 bits per heavy atom. The fraction of sp³-hybridized carbons (Fsp3) is 0.500. The highest BCUT2D eigenvalue weighted by atomic mass is 16.5. The number of ether oxygens (including phenoxy) is 1. The van der Waals surface area contributed by atoms with E-state index in [0.29, 0.717) is 12.4 Å². The van der Waals surface area contributed by atoms with Gasteiger partial charge in [-0.15, -0.1) is 0 Å². The highest BCUT2D eigenvalue weighted by molar-refractivity contribution is 6.14. The predicted octanol–water partition coefficient (Wildman–Crippen LogP) is 1.75. The molecule has 0 saturated heterocycles. The van der Waals surface area contributed by atoms with Crippen LogP contribution in [0, 0.1) is 5.41 Å². The molecule has 1 rings (SSSR count). The minimum absolute atomic E-state index is 0.231. The van der Waals surface area contributed by atoms with E-state index in [2.05, 4.69) is 4.99 Å². The van der Waals surface area contributed by atoms with Crippen molar-refractivity contribution in [1.29, 1.82) is 5.41 Å². The highest BCUT2D eigenvalue weighted by Gasteiger charge is 2.20. The van der Waals surface area contributed by atoms with E-state index in [1.807, 2.05) is 20.8 Å². The number of hydrogen-bond donors (Lipinski definition) is 1. The van der Waals surface area contributed by atoms with E-state index in [9.17, 15) is 0 Å². The Bertz CT molecular complexity index is 251. The molecule has 0 spiro atoms. The minimum Gasteiger partial charge on any atom is -0.421 e. The number of nitrogens with zero attached hydrogens (tertiary/aromatic N) is 1. The summed E-state index contributed by atoms with van der Waals surface area (Å²) >= 11 is 0. The van der Waals surface area contributed by atoms with Crippen LogP contribution in [0.3, 0.4) is 0 Å². The summed E-state index contributed by atoms with van der Waals surface area (Å²) in [5, 5.41) is 7.33. The Kier molecular flexibility index (Phi) is 2.08. The number of rotatable bonds is 1. The maximum atomic E-state index is 7.33. The average molecular weight is 152 g/mol. The van der Waals surface area contributed by atoms with Crippen molar-refractivity contribution in [1.82, 2.24) is 0 Å². The van der Waals surface area contributed by atoms with Crippen molar-refractivity contribution < 1.29 is 4.74 Å². The van der Waals surface area contributed by atoms with Crippen molar-refractivity contribution in [3.8, 4) is 0 Å². The molecule has 1 heterocycles. The summed E-state index contributed by atoms with van der Waals surface area (Å²) in [5.74, 6) is 0.838. The van der Waals surface area contributed by atoms with Gasteiger partial charge in [-0.05, 0) is 20.8 Å². The first-order valence-corrected chi connectivity index (χ1v) is 3.66. The van der Waals surface area contributed by atoms with Crippen molar-refractivity contribution in [2.75, 3.05) is 6.54 Å². The van der Waals surface area contributed by atoms with E-state index < -0.39 is 0 Å². The maximum absolute atomic E-state index is 7.33. The number of nitrogens with one attached hydrogen (secondary N) is 1. The summed E-state index contributed by atoms with van der Waals surface area (Å²) in [5.41, 5.74) is 1.87. The molecule has 0 aromatic heterocycles. The van der Waals surface area contributed by atoms with Gasteiger partial charge in [-0.1, -0.05) is 0 Å². The van der Waals surface area contributed by atoms with Crippen molar-refractivity contribution in [3.05, 3.63) is 11.1 Å². The summed E-state index contributed by atoms with van der Waals surface area (Å²) in [7, 11) is 0. The van der Waals surface area contributed by atoms with Gasteiger partial charge in [-0.2, -0.15) is 0 Å². The first-order valence-electron chi connectivity index (χ1n) is 3.66. The lowest BCUT2D eigenvalue weighted by Gasteiger charge is -1.96. The number of aliphatic imine (C=N–C) groups is 1. The van der Waals surface area contributed by atoms with Crippen molar-refractivity contribution in [2.45, 2.75) is 20.8 Å². The quantitative estimate of drug-likeness (QED) is 0.611. The van der Waals surface area contributed by atoms with Crippen LogP contribution in [0.1, 0.15) is 20.8 Å². The minimum atomic E-state index is 0.231. The van der Waals surface area contributed by atoms with E-state index in [1.54, 1.807) is 0 Å². The smallest absolute Gasteiger partial charge is 0.220 e. The molecule has 0 amide bonds. The fourth-order valence-electron chi connectivity index (χ4n) is 0.875. The molecule has 0 fully saturated rings. The zero-order valence-corrected chi connectivity index (χ0v) is 7.06. The molecule has 0 atom stereocenters. The highest BCUT2D eigenvalue weighted by Crippen LogP contribution is 2.17. The van der Waals surface area contributed by atoms with Crippen LogP contribution in [-0.4, -0.2) is 18.3 Å². The van der Waals surface area contributed by atoms with E-state index >= 15 is 0 Å².